The summed E-state index contributed by atoms with van der Waals surface area (Å²) in [6.45, 7) is 6.80. The number of nitrogens with two attached hydrogens (primary N) is 1. The Bertz CT molecular complexity index is 498. The van der Waals surface area contributed by atoms with Gasteiger partial charge in [0, 0.05) is 24.4 Å². The maximum Gasteiger partial charge on any atom is 0.231 e. The number of carbonyl (C=O) groups excluding carboxylic acids is 1. The van der Waals surface area contributed by atoms with E-state index in [1.807, 2.05) is 25.1 Å². The fourth-order valence-corrected chi connectivity index (χ4v) is 2.10. The van der Waals surface area contributed by atoms with Gasteiger partial charge in [-0.25, -0.2) is 0 Å². The summed E-state index contributed by atoms with van der Waals surface area (Å²) in [5.74, 6) is 1.51. The largest absolute Gasteiger partial charge is 0.454 e. The molecule has 1 aromatic rings. The summed E-state index contributed by atoms with van der Waals surface area (Å²) < 4.78 is 10.7. The first-order chi connectivity index (χ1) is 9.38. The minimum absolute atomic E-state index is 0.0196. The number of hydrogen-bond acceptors (Lipinski definition) is 4. The Morgan fingerprint density at radius 2 is 2.10 bits per heavy atom. The van der Waals surface area contributed by atoms with Crippen molar-refractivity contribution >= 4 is 5.91 Å². The predicted octanol–water partition coefficient (Wildman–Crippen LogP) is 1.55. The highest BCUT2D eigenvalue weighted by Gasteiger charge is 2.24. The van der Waals surface area contributed by atoms with Gasteiger partial charge >= 0.3 is 0 Å². The van der Waals surface area contributed by atoms with E-state index in [0.29, 0.717) is 13.0 Å². The van der Waals surface area contributed by atoms with E-state index >= 15 is 0 Å². The molecule has 3 N–H and O–H groups in total. The topological polar surface area (TPSA) is 73.6 Å². The number of ether oxygens (including phenoxy) is 2. The second-order valence-corrected chi connectivity index (χ2v) is 5.91. The van der Waals surface area contributed by atoms with Gasteiger partial charge in [0.15, 0.2) is 11.5 Å². The molecule has 1 amide bonds. The average molecular weight is 278 g/mol. The van der Waals surface area contributed by atoms with E-state index in [2.05, 4.69) is 19.2 Å². The van der Waals surface area contributed by atoms with E-state index in [-0.39, 0.29) is 24.2 Å². The number of amides is 1. The SMILES string of the molecule is CC(N)CC(=O)NCC(C)(C)c1ccc2c(c1)OCO2. The van der Waals surface area contributed by atoms with E-state index in [0.717, 1.165) is 17.1 Å². The average Bonchev–Trinajstić information content (AvgIpc) is 2.83. The standard InChI is InChI=1S/C15H22N2O3/c1-10(16)6-14(18)17-8-15(2,3)11-4-5-12-13(7-11)20-9-19-12/h4-5,7,10H,6,8-9,16H2,1-3H3,(H,17,18). The third kappa shape index (κ3) is 3.42. The van der Waals surface area contributed by atoms with Gasteiger partial charge < -0.3 is 20.5 Å². The Kier molecular flexibility index (Phi) is 4.18. The molecule has 0 saturated carbocycles. The predicted molar refractivity (Wildman–Crippen MR) is 76.9 cm³/mol. The van der Waals surface area contributed by atoms with Crippen molar-refractivity contribution in [2.45, 2.75) is 38.6 Å². The molecular formula is C15H22N2O3. The Labute approximate surface area is 119 Å². The molecule has 0 radical (unpaired) electrons. The van der Waals surface area contributed by atoms with Crippen LogP contribution in [-0.4, -0.2) is 25.3 Å². The van der Waals surface area contributed by atoms with Crippen LogP contribution in [0.5, 0.6) is 11.5 Å². The number of benzene rings is 1. The molecule has 1 atom stereocenters. The number of fused-ring (bicyclic) bond motifs is 1. The number of hydrogen-bond donors (Lipinski definition) is 2. The molecule has 1 unspecified atom stereocenters. The number of rotatable bonds is 5. The van der Waals surface area contributed by atoms with E-state index in [9.17, 15) is 4.79 Å². The van der Waals surface area contributed by atoms with E-state index in [4.69, 9.17) is 15.2 Å². The Hall–Kier alpha value is -1.75. The lowest BCUT2D eigenvalue weighted by Crippen LogP contribution is -2.38. The van der Waals surface area contributed by atoms with Crippen molar-refractivity contribution in [3.63, 3.8) is 0 Å². The fraction of sp³-hybridized carbons (Fsp3) is 0.533. The summed E-state index contributed by atoms with van der Waals surface area (Å²) in [6, 6.07) is 5.76. The third-order valence-electron chi connectivity index (χ3n) is 3.39. The number of nitrogens with one attached hydrogen (secondary N) is 1. The highest BCUT2D eigenvalue weighted by atomic mass is 16.7. The molecule has 2 rings (SSSR count). The van der Waals surface area contributed by atoms with Crippen molar-refractivity contribution in [2.75, 3.05) is 13.3 Å². The number of carbonyl (C=O) groups is 1. The van der Waals surface area contributed by atoms with Crippen LogP contribution in [-0.2, 0) is 10.2 Å². The molecule has 0 fully saturated rings. The van der Waals surface area contributed by atoms with Crippen molar-refractivity contribution < 1.29 is 14.3 Å². The molecular weight excluding hydrogens is 256 g/mol. The van der Waals surface area contributed by atoms with Gasteiger partial charge in [0.2, 0.25) is 12.7 Å². The summed E-state index contributed by atoms with van der Waals surface area (Å²) in [5.41, 5.74) is 6.53. The highest BCUT2D eigenvalue weighted by molar-refractivity contribution is 5.76. The molecule has 20 heavy (non-hydrogen) atoms. The minimum atomic E-state index is -0.186. The third-order valence-corrected chi connectivity index (χ3v) is 3.39. The second kappa shape index (κ2) is 5.71. The monoisotopic (exact) mass is 278 g/mol. The Balaban J connectivity index is 2.01. The van der Waals surface area contributed by atoms with Crippen LogP contribution in [0.2, 0.25) is 0 Å². The van der Waals surface area contributed by atoms with Gasteiger partial charge in [-0.1, -0.05) is 19.9 Å². The van der Waals surface area contributed by atoms with E-state index < -0.39 is 0 Å². The molecule has 0 aliphatic carbocycles. The van der Waals surface area contributed by atoms with Gasteiger partial charge in [0.1, 0.15) is 0 Å². The first-order valence-corrected chi connectivity index (χ1v) is 6.81. The normalized spacial score (nSPS) is 15.0. The van der Waals surface area contributed by atoms with Gasteiger partial charge in [-0.3, -0.25) is 4.79 Å². The zero-order valence-electron chi connectivity index (χ0n) is 12.2. The van der Waals surface area contributed by atoms with Crippen LogP contribution >= 0.6 is 0 Å². The molecule has 0 aromatic heterocycles. The quantitative estimate of drug-likeness (QED) is 0.857. The molecule has 0 saturated heterocycles. The van der Waals surface area contributed by atoms with Crippen LogP contribution in [0.4, 0.5) is 0 Å². The molecule has 110 valence electrons. The van der Waals surface area contributed by atoms with Crippen LogP contribution in [0.15, 0.2) is 18.2 Å². The zero-order valence-corrected chi connectivity index (χ0v) is 12.2. The lowest BCUT2D eigenvalue weighted by Gasteiger charge is -2.26. The summed E-state index contributed by atoms with van der Waals surface area (Å²) in [4.78, 5) is 11.7. The lowest BCUT2D eigenvalue weighted by molar-refractivity contribution is -0.121. The second-order valence-electron chi connectivity index (χ2n) is 5.91. The maximum absolute atomic E-state index is 11.7. The Morgan fingerprint density at radius 3 is 2.80 bits per heavy atom. The summed E-state index contributed by atoms with van der Waals surface area (Å²) in [5, 5.41) is 2.93. The van der Waals surface area contributed by atoms with E-state index in [1.54, 1.807) is 0 Å². The Morgan fingerprint density at radius 1 is 1.40 bits per heavy atom. The molecule has 5 nitrogen and oxygen atoms in total. The van der Waals surface area contributed by atoms with Crippen LogP contribution in [0.3, 0.4) is 0 Å². The molecule has 1 aliphatic rings. The van der Waals surface area contributed by atoms with Crippen molar-refractivity contribution in [3.05, 3.63) is 23.8 Å². The van der Waals surface area contributed by atoms with Gasteiger partial charge in [-0.2, -0.15) is 0 Å². The zero-order chi connectivity index (χ0) is 14.8. The molecule has 0 spiro atoms. The molecule has 0 bridgehead atoms. The molecule has 1 aliphatic heterocycles. The summed E-state index contributed by atoms with van der Waals surface area (Å²) in [7, 11) is 0. The summed E-state index contributed by atoms with van der Waals surface area (Å²) in [6.07, 6.45) is 0.344. The van der Waals surface area contributed by atoms with Gasteiger partial charge in [-0.05, 0) is 24.6 Å². The van der Waals surface area contributed by atoms with Crippen molar-refractivity contribution in [2.24, 2.45) is 5.73 Å². The van der Waals surface area contributed by atoms with Crippen molar-refractivity contribution in [3.8, 4) is 11.5 Å². The fourth-order valence-electron chi connectivity index (χ4n) is 2.10. The molecule has 5 heteroatoms. The van der Waals surface area contributed by atoms with Gasteiger partial charge in [0.05, 0.1) is 0 Å². The minimum Gasteiger partial charge on any atom is -0.454 e. The van der Waals surface area contributed by atoms with Crippen LogP contribution in [0.25, 0.3) is 0 Å². The van der Waals surface area contributed by atoms with Crippen LogP contribution in [0, 0.1) is 0 Å². The van der Waals surface area contributed by atoms with Crippen LogP contribution in [0.1, 0.15) is 32.8 Å². The lowest BCUT2D eigenvalue weighted by atomic mass is 9.84. The van der Waals surface area contributed by atoms with Gasteiger partial charge in [0.25, 0.3) is 0 Å². The van der Waals surface area contributed by atoms with E-state index in [1.165, 1.54) is 0 Å². The highest BCUT2D eigenvalue weighted by Crippen LogP contribution is 2.36. The summed E-state index contributed by atoms with van der Waals surface area (Å²) >= 11 is 0. The molecule has 1 heterocycles. The van der Waals surface area contributed by atoms with Crippen molar-refractivity contribution in [1.82, 2.24) is 5.32 Å². The van der Waals surface area contributed by atoms with Gasteiger partial charge in [-0.15, -0.1) is 0 Å². The molecule has 1 aromatic carbocycles. The first kappa shape index (κ1) is 14.7. The smallest absolute Gasteiger partial charge is 0.231 e. The van der Waals surface area contributed by atoms with Crippen LogP contribution < -0.4 is 20.5 Å². The first-order valence-electron chi connectivity index (χ1n) is 6.81. The van der Waals surface area contributed by atoms with Crippen molar-refractivity contribution in [1.29, 1.82) is 0 Å². The maximum atomic E-state index is 11.7.